The summed E-state index contributed by atoms with van der Waals surface area (Å²) >= 11 is 3.41. The number of hydrazone groups is 1. The highest BCUT2D eigenvalue weighted by Crippen LogP contribution is 2.33. The molecule has 8 nitrogen and oxygen atoms in total. The second-order valence-electron chi connectivity index (χ2n) is 5.32. The zero-order valence-electron chi connectivity index (χ0n) is 14.6. The first-order chi connectivity index (χ1) is 13.1. The summed E-state index contributed by atoms with van der Waals surface area (Å²) in [6, 6.07) is 12.7. The van der Waals surface area contributed by atoms with Gasteiger partial charge in [0.05, 0.1) is 20.4 Å². The molecule has 3 rings (SSSR count). The third-order valence-electron chi connectivity index (χ3n) is 3.59. The van der Waals surface area contributed by atoms with Crippen LogP contribution in [-0.4, -0.2) is 35.6 Å². The Morgan fingerprint density at radius 3 is 2.59 bits per heavy atom. The van der Waals surface area contributed by atoms with Crippen LogP contribution in [-0.2, 0) is 0 Å². The zero-order valence-corrected chi connectivity index (χ0v) is 16.1. The van der Waals surface area contributed by atoms with Gasteiger partial charge >= 0.3 is 0 Å². The molecule has 0 saturated carbocycles. The Hall–Kier alpha value is -3.20. The van der Waals surface area contributed by atoms with Crippen LogP contribution < -0.4 is 20.5 Å². The largest absolute Gasteiger partial charge is 0.493 e. The lowest BCUT2D eigenvalue weighted by atomic mass is 10.2. The number of nitrogens with zero attached hydrogens (tertiary/aromatic N) is 3. The summed E-state index contributed by atoms with van der Waals surface area (Å²) in [5.41, 5.74) is 3.88. The molecule has 1 aromatic heterocycles. The Kier molecular flexibility index (Phi) is 5.82. The van der Waals surface area contributed by atoms with Crippen molar-refractivity contribution in [3.05, 3.63) is 62.9 Å². The van der Waals surface area contributed by atoms with Gasteiger partial charge < -0.3 is 9.47 Å². The molecule has 27 heavy (non-hydrogen) atoms. The van der Waals surface area contributed by atoms with Gasteiger partial charge in [-0.3, -0.25) is 9.78 Å². The number of hydrogen-bond acceptors (Lipinski definition) is 7. The maximum Gasteiger partial charge on any atom is 0.279 e. The van der Waals surface area contributed by atoms with Crippen molar-refractivity contribution in [1.82, 2.24) is 15.2 Å². The predicted octanol–water partition coefficient (Wildman–Crippen LogP) is 3.06. The number of halogens is 1. The molecule has 0 aliphatic heterocycles. The number of aromatic nitrogens is 3. The summed E-state index contributed by atoms with van der Waals surface area (Å²) in [4.78, 5) is 14.8. The van der Waals surface area contributed by atoms with Crippen molar-refractivity contribution in [3.63, 3.8) is 0 Å². The Balaban J connectivity index is 1.81. The van der Waals surface area contributed by atoms with Crippen LogP contribution in [0.5, 0.6) is 11.5 Å². The summed E-state index contributed by atoms with van der Waals surface area (Å²) in [5.74, 6) is 1.22. The van der Waals surface area contributed by atoms with E-state index in [0.29, 0.717) is 22.6 Å². The van der Waals surface area contributed by atoms with Gasteiger partial charge in [0.15, 0.2) is 17.2 Å². The summed E-state index contributed by atoms with van der Waals surface area (Å²) in [5, 5.41) is 12.0. The fourth-order valence-corrected chi connectivity index (χ4v) is 2.84. The topological polar surface area (TPSA) is 101 Å². The monoisotopic (exact) mass is 429 g/mol. The van der Waals surface area contributed by atoms with E-state index in [1.54, 1.807) is 32.4 Å². The second kappa shape index (κ2) is 8.45. The number of H-pyrrole nitrogens is 1. The average Bonchev–Trinajstić information content (AvgIpc) is 2.68. The smallest absolute Gasteiger partial charge is 0.279 e. The molecule has 0 fully saturated rings. The van der Waals surface area contributed by atoms with E-state index in [2.05, 4.69) is 41.6 Å². The molecule has 2 N–H and O–H groups in total. The molecule has 0 amide bonds. The average molecular weight is 430 g/mol. The SMILES string of the molecule is COc1cc(Br)cc(/C=N/Nc2nnc(-c3ccccc3)c(=O)[nH]2)c1OC. The van der Waals surface area contributed by atoms with Crippen LogP contribution in [0.4, 0.5) is 5.95 Å². The van der Waals surface area contributed by atoms with Crippen molar-refractivity contribution >= 4 is 28.1 Å². The first-order valence-corrected chi connectivity index (χ1v) is 8.64. The van der Waals surface area contributed by atoms with Gasteiger partial charge in [-0.1, -0.05) is 46.3 Å². The van der Waals surface area contributed by atoms with Gasteiger partial charge in [0.25, 0.3) is 5.56 Å². The van der Waals surface area contributed by atoms with Gasteiger partial charge in [0.1, 0.15) is 0 Å². The van der Waals surface area contributed by atoms with E-state index in [4.69, 9.17) is 9.47 Å². The highest BCUT2D eigenvalue weighted by molar-refractivity contribution is 9.10. The number of ether oxygens (including phenoxy) is 2. The van der Waals surface area contributed by atoms with Crippen LogP contribution in [0.1, 0.15) is 5.56 Å². The van der Waals surface area contributed by atoms with Gasteiger partial charge in [0.2, 0.25) is 5.95 Å². The molecule has 0 spiro atoms. The summed E-state index contributed by atoms with van der Waals surface area (Å²) in [6.45, 7) is 0. The highest BCUT2D eigenvalue weighted by Gasteiger charge is 2.10. The van der Waals surface area contributed by atoms with E-state index in [9.17, 15) is 4.79 Å². The molecule has 0 unspecified atom stereocenters. The minimum absolute atomic E-state index is 0.122. The molecule has 0 atom stereocenters. The first kappa shape index (κ1) is 18.6. The molecule has 0 saturated heterocycles. The van der Waals surface area contributed by atoms with E-state index in [0.717, 1.165) is 4.47 Å². The minimum Gasteiger partial charge on any atom is -0.493 e. The first-order valence-electron chi connectivity index (χ1n) is 7.85. The van der Waals surface area contributed by atoms with Crippen LogP contribution in [0.2, 0.25) is 0 Å². The van der Waals surface area contributed by atoms with Crippen molar-refractivity contribution in [2.75, 3.05) is 19.6 Å². The van der Waals surface area contributed by atoms with Crippen molar-refractivity contribution < 1.29 is 9.47 Å². The second-order valence-corrected chi connectivity index (χ2v) is 6.23. The van der Waals surface area contributed by atoms with E-state index in [-0.39, 0.29) is 17.2 Å². The lowest BCUT2D eigenvalue weighted by molar-refractivity contribution is 0.354. The molecule has 2 aromatic carbocycles. The molecule has 138 valence electrons. The fraction of sp³-hybridized carbons (Fsp3) is 0.111. The summed E-state index contributed by atoms with van der Waals surface area (Å²) < 4.78 is 11.5. The molecule has 0 radical (unpaired) electrons. The summed E-state index contributed by atoms with van der Waals surface area (Å²) in [6.07, 6.45) is 1.53. The van der Waals surface area contributed by atoms with Gasteiger partial charge in [-0.15, -0.1) is 10.2 Å². The number of aromatic amines is 1. The van der Waals surface area contributed by atoms with Crippen molar-refractivity contribution in [2.45, 2.75) is 0 Å². The van der Waals surface area contributed by atoms with Crippen molar-refractivity contribution in [1.29, 1.82) is 0 Å². The van der Waals surface area contributed by atoms with Gasteiger partial charge in [0, 0.05) is 15.6 Å². The molecular weight excluding hydrogens is 414 g/mol. The highest BCUT2D eigenvalue weighted by atomic mass is 79.9. The predicted molar refractivity (Wildman–Crippen MR) is 107 cm³/mol. The maximum absolute atomic E-state index is 12.2. The number of benzene rings is 2. The number of anilines is 1. The standard InChI is InChI=1S/C18H16BrN5O3/c1-26-14-9-13(19)8-12(16(14)27-2)10-20-23-18-21-17(25)15(22-24-18)11-6-4-3-5-7-11/h3-10H,1-2H3,(H2,21,23,24,25)/b20-10+. The van der Waals surface area contributed by atoms with Crippen LogP contribution in [0.15, 0.2) is 56.8 Å². The molecule has 1 heterocycles. The van der Waals surface area contributed by atoms with E-state index in [1.807, 2.05) is 24.3 Å². The minimum atomic E-state index is -0.365. The maximum atomic E-state index is 12.2. The van der Waals surface area contributed by atoms with Gasteiger partial charge in [-0.05, 0) is 12.1 Å². The third-order valence-corrected chi connectivity index (χ3v) is 4.05. The molecular formula is C18H16BrN5O3. The fourth-order valence-electron chi connectivity index (χ4n) is 2.39. The van der Waals surface area contributed by atoms with Crippen molar-refractivity contribution in [2.24, 2.45) is 5.10 Å². The molecule has 0 bridgehead atoms. The van der Waals surface area contributed by atoms with E-state index >= 15 is 0 Å². The number of hydrogen-bond donors (Lipinski definition) is 2. The Labute approximate surface area is 163 Å². The molecule has 9 heteroatoms. The van der Waals surface area contributed by atoms with Gasteiger partial charge in [-0.25, -0.2) is 5.43 Å². The lowest BCUT2D eigenvalue weighted by Gasteiger charge is -2.10. The Bertz CT molecular complexity index is 1020. The van der Waals surface area contributed by atoms with Gasteiger partial charge in [-0.2, -0.15) is 5.10 Å². The number of nitrogens with one attached hydrogen (secondary N) is 2. The molecule has 3 aromatic rings. The Morgan fingerprint density at radius 1 is 1.15 bits per heavy atom. The molecule has 0 aliphatic carbocycles. The quantitative estimate of drug-likeness (QED) is 0.461. The van der Waals surface area contributed by atoms with Crippen LogP contribution in [0, 0.1) is 0 Å². The normalized spacial score (nSPS) is 10.8. The zero-order chi connectivity index (χ0) is 19.2. The summed E-state index contributed by atoms with van der Waals surface area (Å²) in [7, 11) is 3.10. The molecule has 0 aliphatic rings. The van der Waals surface area contributed by atoms with Crippen molar-refractivity contribution in [3.8, 4) is 22.8 Å². The Morgan fingerprint density at radius 2 is 1.93 bits per heavy atom. The van der Waals surface area contributed by atoms with Crippen LogP contribution in [0.25, 0.3) is 11.3 Å². The number of rotatable bonds is 6. The van der Waals surface area contributed by atoms with E-state index in [1.165, 1.54) is 6.21 Å². The third kappa shape index (κ3) is 4.32. The lowest BCUT2D eigenvalue weighted by Crippen LogP contribution is -2.15. The van der Waals surface area contributed by atoms with E-state index < -0.39 is 0 Å². The number of methoxy groups -OCH3 is 2. The van der Waals surface area contributed by atoms with Crippen LogP contribution in [0.3, 0.4) is 0 Å². The van der Waals surface area contributed by atoms with Crippen LogP contribution >= 0.6 is 15.9 Å².